The third-order valence-corrected chi connectivity index (χ3v) is 8.31. The summed E-state index contributed by atoms with van der Waals surface area (Å²) in [5, 5.41) is 14.9. The Labute approximate surface area is 256 Å². The Balaban J connectivity index is 1.32. The van der Waals surface area contributed by atoms with Gasteiger partial charge >= 0.3 is 5.97 Å². The fourth-order valence-electron chi connectivity index (χ4n) is 4.95. The summed E-state index contributed by atoms with van der Waals surface area (Å²) in [4.78, 5) is 31.1. The van der Waals surface area contributed by atoms with E-state index in [0.29, 0.717) is 22.2 Å². The van der Waals surface area contributed by atoms with Gasteiger partial charge in [-0.1, -0.05) is 30.0 Å². The first-order valence-corrected chi connectivity index (χ1v) is 14.5. The monoisotopic (exact) mass is 608 g/mol. The number of hydrogen-bond acceptors (Lipinski definition) is 8. The fraction of sp³-hybridized carbons (Fsp3) is 0.0938. The van der Waals surface area contributed by atoms with Crippen molar-refractivity contribution < 1.29 is 18.9 Å². The molecule has 1 saturated heterocycles. The van der Waals surface area contributed by atoms with E-state index >= 15 is 0 Å². The molecule has 3 heterocycles. The molecule has 3 aromatic carbocycles. The van der Waals surface area contributed by atoms with Crippen molar-refractivity contribution >= 4 is 46.4 Å². The summed E-state index contributed by atoms with van der Waals surface area (Å²) in [6, 6.07) is 30.4. The molecule has 11 heteroatoms. The molecule has 1 aliphatic heterocycles. The minimum atomic E-state index is -0.421. The number of furan rings is 1. The van der Waals surface area contributed by atoms with Gasteiger partial charge in [-0.3, -0.25) is 15.1 Å². The maximum absolute atomic E-state index is 12.1. The van der Waals surface area contributed by atoms with Crippen LogP contribution in [0.1, 0.15) is 33.9 Å². The van der Waals surface area contributed by atoms with Crippen LogP contribution in [0.15, 0.2) is 124 Å². The largest absolute Gasteiger partial charge is 0.465 e. The van der Waals surface area contributed by atoms with E-state index in [9.17, 15) is 14.9 Å². The van der Waals surface area contributed by atoms with E-state index in [1.54, 1.807) is 36.5 Å². The molecule has 1 aliphatic rings. The molecule has 0 bridgehead atoms. The molecule has 0 saturated carbocycles. The highest BCUT2D eigenvalue weighted by atomic mass is 32.2. The molecule has 1 N–H and O–H groups in total. The number of nitrogens with zero attached hydrogens (tertiary/aromatic N) is 3. The van der Waals surface area contributed by atoms with Crippen LogP contribution in [-0.4, -0.2) is 28.1 Å². The van der Waals surface area contributed by atoms with E-state index < -0.39 is 10.9 Å². The second-order valence-electron chi connectivity index (χ2n) is 9.62. The third kappa shape index (κ3) is 5.85. The van der Waals surface area contributed by atoms with Crippen LogP contribution in [0.3, 0.4) is 0 Å². The molecule has 43 heavy (non-hydrogen) atoms. The average Bonchev–Trinajstić information content (AvgIpc) is 3.66. The molecule has 0 unspecified atom stereocenters. The highest BCUT2D eigenvalue weighted by Gasteiger charge is 2.42. The van der Waals surface area contributed by atoms with E-state index in [1.165, 1.54) is 31.0 Å². The first-order chi connectivity index (χ1) is 20.9. The number of nitrogens with one attached hydrogen (secondary N) is 1. The number of hydrogen-bond donors (Lipinski definition) is 1. The Morgan fingerprint density at radius 1 is 1.00 bits per heavy atom. The minimum Gasteiger partial charge on any atom is -0.465 e. The van der Waals surface area contributed by atoms with E-state index in [-0.39, 0.29) is 17.8 Å². The number of pyridine rings is 1. The van der Waals surface area contributed by atoms with Gasteiger partial charge in [0.15, 0.2) is 5.11 Å². The smallest absolute Gasteiger partial charge is 0.337 e. The lowest BCUT2D eigenvalue weighted by atomic mass is 10.0. The molecular formula is C32H24N4O5S2. The van der Waals surface area contributed by atoms with Gasteiger partial charge in [0.1, 0.15) is 17.6 Å². The summed E-state index contributed by atoms with van der Waals surface area (Å²) in [6.07, 6.45) is 1.75. The molecule has 0 amide bonds. The quantitative estimate of drug-likeness (QED) is 0.0830. The molecule has 1 fully saturated rings. The summed E-state index contributed by atoms with van der Waals surface area (Å²) in [7, 11) is 1.35. The Morgan fingerprint density at radius 2 is 1.74 bits per heavy atom. The van der Waals surface area contributed by atoms with Crippen molar-refractivity contribution in [2.24, 2.45) is 0 Å². The van der Waals surface area contributed by atoms with Gasteiger partial charge in [0, 0.05) is 39.4 Å². The normalized spacial score (nSPS) is 16.1. The fourth-order valence-corrected chi connectivity index (χ4v) is 6.12. The number of rotatable bonds is 8. The first kappa shape index (κ1) is 28.1. The maximum Gasteiger partial charge on any atom is 0.337 e. The number of ether oxygens (including phenoxy) is 1. The minimum absolute atomic E-state index is 0.0560. The summed E-state index contributed by atoms with van der Waals surface area (Å²) in [5.74, 6) is 0.856. The molecule has 2 aromatic heterocycles. The number of aromatic nitrogens is 1. The van der Waals surface area contributed by atoms with Crippen LogP contribution < -0.4 is 10.2 Å². The number of nitro groups is 1. The number of esters is 1. The summed E-state index contributed by atoms with van der Waals surface area (Å²) in [6.45, 7) is 0. The van der Waals surface area contributed by atoms with Crippen molar-refractivity contribution in [2.45, 2.75) is 21.9 Å². The highest BCUT2D eigenvalue weighted by Crippen LogP contribution is 2.43. The molecule has 0 aliphatic carbocycles. The summed E-state index contributed by atoms with van der Waals surface area (Å²) >= 11 is 7.35. The molecule has 0 radical (unpaired) electrons. The van der Waals surface area contributed by atoms with Crippen molar-refractivity contribution in [3.05, 3.63) is 136 Å². The predicted molar refractivity (Wildman–Crippen MR) is 167 cm³/mol. The second kappa shape index (κ2) is 12.1. The molecule has 5 aromatic rings. The number of nitro benzene ring substituents is 1. The third-order valence-electron chi connectivity index (χ3n) is 6.98. The van der Waals surface area contributed by atoms with Gasteiger partial charge in [0.05, 0.1) is 29.3 Å². The number of carbonyl (C=O) groups excluding carboxylic acids is 1. The number of anilines is 1. The van der Waals surface area contributed by atoms with Crippen LogP contribution in [-0.2, 0) is 4.74 Å². The van der Waals surface area contributed by atoms with Gasteiger partial charge in [0.25, 0.3) is 5.69 Å². The van der Waals surface area contributed by atoms with Gasteiger partial charge in [-0.05, 0) is 85.0 Å². The van der Waals surface area contributed by atoms with Crippen LogP contribution in [0.4, 0.5) is 11.4 Å². The number of methoxy groups -OCH3 is 1. The lowest BCUT2D eigenvalue weighted by molar-refractivity contribution is -0.384. The predicted octanol–water partition coefficient (Wildman–Crippen LogP) is 7.36. The van der Waals surface area contributed by atoms with E-state index in [4.69, 9.17) is 21.4 Å². The standard InChI is InChI=1S/C32H24N4O5S2/c1-40-31(37)21-6-4-5-20(19-21)27-16-17-28(41-27)30-29(26-7-2-3-18-33-26)34-32(42)35(30)22-8-12-24(13-9-22)43-25-14-10-23(11-15-25)36(38)39/h2-19,29-30H,1H3,(H,34,42)/t29-,30+/m1/s1. The molecular weight excluding hydrogens is 585 g/mol. The first-order valence-electron chi connectivity index (χ1n) is 13.2. The van der Waals surface area contributed by atoms with Gasteiger partial charge in [0.2, 0.25) is 0 Å². The van der Waals surface area contributed by atoms with Gasteiger partial charge in [-0.25, -0.2) is 4.79 Å². The number of thiocarbonyl (C=S) groups is 1. The van der Waals surface area contributed by atoms with Gasteiger partial charge in [-0.15, -0.1) is 0 Å². The van der Waals surface area contributed by atoms with Crippen LogP contribution in [0.2, 0.25) is 0 Å². The molecule has 214 valence electrons. The second-order valence-corrected chi connectivity index (χ2v) is 11.2. The average molecular weight is 609 g/mol. The zero-order chi connectivity index (χ0) is 29.9. The summed E-state index contributed by atoms with van der Waals surface area (Å²) < 4.78 is 11.3. The zero-order valence-electron chi connectivity index (χ0n) is 22.7. The van der Waals surface area contributed by atoms with Gasteiger partial charge in [-0.2, -0.15) is 0 Å². The lowest BCUT2D eigenvalue weighted by Crippen LogP contribution is -2.29. The Bertz CT molecular complexity index is 1790. The molecule has 6 rings (SSSR count). The summed E-state index contributed by atoms with van der Waals surface area (Å²) in [5.41, 5.74) is 2.91. The van der Waals surface area contributed by atoms with E-state index in [1.807, 2.05) is 65.6 Å². The number of carbonyl (C=O) groups is 1. The number of benzene rings is 3. The topological polar surface area (TPSA) is 111 Å². The maximum atomic E-state index is 12.1. The van der Waals surface area contributed by atoms with Crippen LogP contribution in [0.5, 0.6) is 0 Å². The van der Waals surface area contributed by atoms with Crippen LogP contribution in [0, 0.1) is 10.1 Å². The Morgan fingerprint density at radius 3 is 2.42 bits per heavy atom. The van der Waals surface area contributed by atoms with Gasteiger partial charge < -0.3 is 19.4 Å². The SMILES string of the molecule is COC(=O)c1cccc(-c2ccc([C@H]3[C@@H](c4ccccn4)NC(=S)N3c3ccc(Sc4ccc([N+](=O)[O-])cc4)cc3)o2)c1. The van der Waals surface area contributed by atoms with Crippen molar-refractivity contribution in [1.29, 1.82) is 0 Å². The Hall–Kier alpha value is -5.00. The van der Waals surface area contributed by atoms with Crippen LogP contribution >= 0.6 is 24.0 Å². The number of non-ortho nitro benzene ring substituents is 1. The lowest BCUT2D eigenvalue weighted by Gasteiger charge is -2.26. The van der Waals surface area contributed by atoms with E-state index in [2.05, 4.69) is 10.3 Å². The molecule has 0 spiro atoms. The molecule has 9 nitrogen and oxygen atoms in total. The molecule has 2 atom stereocenters. The van der Waals surface area contributed by atoms with Crippen molar-refractivity contribution in [1.82, 2.24) is 10.3 Å². The van der Waals surface area contributed by atoms with Crippen molar-refractivity contribution in [3.8, 4) is 11.3 Å². The van der Waals surface area contributed by atoms with Crippen molar-refractivity contribution in [3.63, 3.8) is 0 Å². The highest BCUT2D eigenvalue weighted by molar-refractivity contribution is 7.99. The zero-order valence-corrected chi connectivity index (χ0v) is 24.4. The van der Waals surface area contributed by atoms with Crippen LogP contribution in [0.25, 0.3) is 11.3 Å². The Kier molecular flexibility index (Phi) is 7.91. The van der Waals surface area contributed by atoms with Crippen molar-refractivity contribution in [2.75, 3.05) is 12.0 Å². The van der Waals surface area contributed by atoms with E-state index in [0.717, 1.165) is 26.7 Å².